The fraction of sp³-hybridized carbons (Fsp3) is 0.944. The van der Waals surface area contributed by atoms with Crippen molar-refractivity contribution in [2.45, 2.75) is 89.6 Å². The van der Waals surface area contributed by atoms with Crippen LogP contribution in [-0.2, 0) is 4.74 Å². The van der Waals surface area contributed by atoms with E-state index in [1.54, 1.807) is 4.90 Å². The van der Waals surface area contributed by atoms with Gasteiger partial charge in [0.15, 0.2) is 0 Å². The highest BCUT2D eigenvalue weighted by atomic mass is 28.3. The van der Waals surface area contributed by atoms with Crippen LogP contribution in [0.1, 0.15) is 51.9 Å². The third-order valence-electron chi connectivity index (χ3n) is 5.11. The molecule has 5 heteroatoms. The molecule has 2 atom stereocenters. The number of ether oxygens (including phenoxy) is 1. The lowest BCUT2D eigenvalue weighted by Gasteiger charge is -2.34. The molecule has 0 aromatic carbocycles. The van der Waals surface area contributed by atoms with Gasteiger partial charge in [-0.15, -0.1) is 0 Å². The van der Waals surface area contributed by atoms with Crippen LogP contribution >= 0.6 is 0 Å². The predicted octanol–water partition coefficient (Wildman–Crippen LogP) is 4.47. The first-order valence-electron chi connectivity index (χ1n) is 9.39. The van der Waals surface area contributed by atoms with Gasteiger partial charge in [0.05, 0.1) is 6.61 Å². The highest BCUT2D eigenvalue weighted by Gasteiger charge is 2.28. The quantitative estimate of drug-likeness (QED) is 0.662. The lowest BCUT2D eigenvalue weighted by Crippen LogP contribution is -2.49. The van der Waals surface area contributed by atoms with Gasteiger partial charge in [0.1, 0.15) is 0 Å². The molecule has 0 spiro atoms. The molecule has 1 aliphatic carbocycles. The Morgan fingerprint density at radius 2 is 1.87 bits per heavy atom. The van der Waals surface area contributed by atoms with E-state index in [4.69, 9.17) is 10.5 Å². The zero-order valence-electron chi connectivity index (χ0n) is 15.9. The van der Waals surface area contributed by atoms with E-state index >= 15 is 0 Å². The molecule has 2 N–H and O–H groups in total. The zero-order valence-corrected chi connectivity index (χ0v) is 16.9. The minimum Gasteiger partial charge on any atom is -0.450 e. The summed E-state index contributed by atoms with van der Waals surface area (Å²) in [5, 5.41) is 0. The average molecular weight is 343 g/mol. The summed E-state index contributed by atoms with van der Waals surface area (Å²) in [6, 6.07) is 1.14. The molecule has 0 radical (unpaired) electrons. The van der Waals surface area contributed by atoms with Crippen molar-refractivity contribution in [1.82, 2.24) is 4.90 Å². The van der Waals surface area contributed by atoms with Crippen LogP contribution in [0.25, 0.3) is 0 Å². The van der Waals surface area contributed by atoms with Gasteiger partial charge in [0.2, 0.25) is 0 Å². The van der Waals surface area contributed by atoms with Gasteiger partial charge in [-0.3, -0.25) is 0 Å². The molecule has 136 valence electrons. The molecule has 0 heterocycles. The molecule has 0 aromatic rings. The second kappa shape index (κ2) is 9.67. The molecular formula is C18H38N2O2Si. The molecule has 23 heavy (non-hydrogen) atoms. The van der Waals surface area contributed by atoms with E-state index in [1.807, 2.05) is 7.05 Å². The fourth-order valence-electron chi connectivity index (χ4n) is 3.51. The van der Waals surface area contributed by atoms with Gasteiger partial charge < -0.3 is 15.4 Å². The maximum absolute atomic E-state index is 12.3. The number of amides is 1. The number of likely N-dealkylation sites (N-methyl/N-ethyl adjacent to an activating group) is 1. The Labute approximate surface area is 144 Å². The molecule has 0 saturated heterocycles. The highest BCUT2D eigenvalue weighted by molar-refractivity contribution is 6.76. The van der Waals surface area contributed by atoms with Gasteiger partial charge in [0.25, 0.3) is 0 Å². The number of hydrogen-bond donors (Lipinski definition) is 1. The van der Waals surface area contributed by atoms with Gasteiger partial charge >= 0.3 is 6.09 Å². The van der Waals surface area contributed by atoms with Gasteiger partial charge in [-0.2, -0.15) is 0 Å². The number of hydrogen-bond acceptors (Lipinski definition) is 3. The van der Waals surface area contributed by atoms with E-state index in [0.29, 0.717) is 6.61 Å². The largest absolute Gasteiger partial charge is 0.450 e. The standard InChI is InChI=1S/C18H38N2O2Si/c1-6-17(16(19)14-15-10-8-7-9-11-15)20(2)18(21)22-12-13-23(3,4)5/h15-17H,6-14,19H2,1-5H3/t16?,17-/m0/s1. The maximum Gasteiger partial charge on any atom is 0.409 e. The minimum atomic E-state index is -1.17. The van der Waals surface area contributed by atoms with Crippen LogP contribution in [0.5, 0.6) is 0 Å². The summed E-state index contributed by atoms with van der Waals surface area (Å²) < 4.78 is 5.47. The second-order valence-corrected chi connectivity index (χ2v) is 14.0. The van der Waals surface area contributed by atoms with Crippen LogP contribution in [0.3, 0.4) is 0 Å². The van der Waals surface area contributed by atoms with Crippen molar-refractivity contribution in [3.63, 3.8) is 0 Å². The van der Waals surface area contributed by atoms with Crippen molar-refractivity contribution in [2.24, 2.45) is 11.7 Å². The summed E-state index contributed by atoms with van der Waals surface area (Å²) in [7, 11) is 0.673. The fourth-order valence-corrected chi connectivity index (χ4v) is 4.22. The number of carbonyl (C=O) groups excluding carboxylic acids is 1. The molecule has 1 saturated carbocycles. The van der Waals surface area contributed by atoms with E-state index in [9.17, 15) is 4.79 Å². The summed E-state index contributed by atoms with van der Waals surface area (Å²) in [6.07, 6.45) is 8.34. The van der Waals surface area contributed by atoms with Crippen LogP contribution in [0.15, 0.2) is 0 Å². The lowest BCUT2D eigenvalue weighted by atomic mass is 9.83. The Bertz CT molecular complexity index is 351. The number of nitrogens with zero attached hydrogens (tertiary/aromatic N) is 1. The van der Waals surface area contributed by atoms with Crippen LogP contribution in [0.4, 0.5) is 4.79 Å². The number of nitrogens with two attached hydrogens (primary N) is 1. The first kappa shape index (κ1) is 20.5. The molecule has 1 aliphatic rings. The zero-order chi connectivity index (χ0) is 17.5. The van der Waals surface area contributed by atoms with Crippen molar-refractivity contribution in [2.75, 3.05) is 13.7 Å². The molecule has 4 nitrogen and oxygen atoms in total. The Morgan fingerprint density at radius 1 is 1.26 bits per heavy atom. The summed E-state index contributed by atoms with van der Waals surface area (Å²) in [4.78, 5) is 14.0. The van der Waals surface area contributed by atoms with Crippen LogP contribution in [0.2, 0.25) is 25.7 Å². The third-order valence-corrected chi connectivity index (χ3v) is 6.81. The maximum atomic E-state index is 12.3. The Hall–Kier alpha value is -0.553. The second-order valence-electron chi connectivity index (χ2n) is 8.42. The summed E-state index contributed by atoms with van der Waals surface area (Å²) in [5.41, 5.74) is 6.45. The SMILES string of the molecule is CC[C@@H](C(N)CC1CCCCC1)N(C)C(=O)OCC[Si](C)(C)C. The Balaban J connectivity index is 2.45. The summed E-state index contributed by atoms with van der Waals surface area (Å²) in [5.74, 6) is 0.740. The first-order chi connectivity index (χ1) is 10.7. The first-order valence-corrected chi connectivity index (χ1v) is 13.1. The van der Waals surface area contributed by atoms with Gasteiger partial charge in [-0.1, -0.05) is 58.7 Å². The van der Waals surface area contributed by atoms with Gasteiger partial charge in [-0.05, 0) is 24.8 Å². The van der Waals surface area contributed by atoms with E-state index in [2.05, 4.69) is 26.6 Å². The highest BCUT2D eigenvalue weighted by Crippen LogP contribution is 2.28. The van der Waals surface area contributed by atoms with Crippen LogP contribution < -0.4 is 5.73 Å². The molecule has 0 bridgehead atoms. The Kier molecular flexibility index (Phi) is 8.62. The molecule has 0 aliphatic heterocycles. The monoisotopic (exact) mass is 342 g/mol. The van der Waals surface area contributed by atoms with Crippen molar-refractivity contribution in [3.8, 4) is 0 Å². The summed E-state index contributed by atoms with van der Waals surface area (Å²) >= 11 is 0. The minimum absolute atomic E-state index is 0.0534. The van der Waals surface area contributed by atoms with Crippen LogP contribution in [0, 0.1) is 5.92 Å². The summed E-state index contributed by atoms with van der Waals surface area (Å²) in [6.45, 7) is 9.52. The lowest BCUT2D eigenvalue weighted by molar-refractivity contribution is 0.0915. The predicted molar refractivity (Wildman–Crippen MR) is 101 cm³/mol. The van der Waals surface area contributed by atoms with Crippen molar-refractivity contribution in [1.29, 1.82) is 0 Å². The molecule has 1 amide bonds. The number of carbonyl (C=O) groups is 1. The van der Waals surface area contributed by atoms with Crippen molar-refractivity contribution >= 4 is 14.2 Å². The molecule has 0 aromatic heterocycles. The molecule has 1 fully saturated rings. The van der Waals surface area contributed by atoms with Crippen molar-refractivity contribution in [3.05, 3.63) is 0 Å². The number of rotatable bonds is 8. The molecule has 1 unspecified atom stereocenters. The average Bonchev–Trinajstić information content (AvgIpc) is 2.47. The van der Waals surface area contributed by atoms with E-state index in [0.717, 1.165) is 24.8 Å². The third kappa shape index (κ3) is 7.70. The molecule has 1 rings (SSSR count). The van der Waals surface area contributed by atoms with Gasteiger partial charge in [0, 0.05) is 27.2 Å². The molecular weight excluding hydrogens is 304 g/mol. The Morgan fingerprint density at radius 3 is 2.39 bits per heavy atom. The van der Waals surface area contributed by atoms with Crippen molar-refractivity contribution < 1.29 is 9.53 Å². The normalized spacial score (nSPS) is 19.2. The van der Waals surface area contributed by atoms with Gasteiger partial charge in [-0.25, -0.2) is 4.79 Å². The smallest absolute Gasteiger partial charge is 0.409 e. The topological polar surface area (TPSA) is 55.6 Å². The van der Waals surface area contributed by atoms with E-state index in [1.165, 1.54) is 32.1 Å². The van der Waals surface area contributed by atoms with E-state index < -0.39 is 8.07 Å². The van der Waals surface area contributed by atoms with Crippen LogP contribution in [-0.4, -0.2) is 44.8 Å². The van der Waals surface area contributed by atoms with E-state index in [-0.39, 0.29) is 18.2 Å².